The van der Waals surface area contributed by atoms with Crippen LogP contribution in [0.25, 0.3) is 0 Å². The number of non-ortho nitro benzene ring substituents is 1. The number of nitro groups is 1. The molecule has 0 unspecified atom stereocenters. The minimum Gasteiger partial charge on any atom is -0.478 e. The minimum atomic E-state index is -1.04. The van der Waals surface area contributed by atoms with Gasteiger partial charge in [-0.1, -0.05) is 28.1 Å². The van der Waals surface area contributed by atoms with Crippen LogP contribution in [0.3, 0.4) is 0 Å². The summed E-state index contributed by atoms with van der Waals surface area (Å²) in [6, 6.07) is 11.1. The van der Waals surface area contributed by atoms with Crippen molar-refractivity contribution in [3.05, 3.63) is 68.2 Å². The second-order valence-corrected chi connectivity index (χ2v) is 5.19. The Morgan fingerprint density at radius 1 is 1.29 bits per heavy atom. The molecule has 0 aliphatic heterocycles. The molecule has 7 heteroatoms. The minimum absolute atomic E-state index is 0.00330. The quantitative estimate of drug-likeness (QED) is 0.633. The van der Waals surface area contributed by atoms with Gasteiger partial charge < -0.3 is 10.4 Å². The summed E-state index contributed by atoms with van der Waals surface area (Å²) in [6.45, 7) is 0.295. The fourth-order valence-corrected chi connectivity index (χ4v) is 2.19. The molecule has 0 bridgehead atoms. The van der Waals surface area contributed by atoms with Gasteiger partial charge in [0.25, 0.3) is 5.69 Å². The highest BCUT2D eigenvalue weighted by atomic mass is 79.9. The standard InChI is InChI=1S/C14H11BrN2O4/c15-10-4-5-13(12(7-10)14(18)19)16-8-9-2-1-3-11(6-9)17(20)21/h1-7,16H,8H2,(H,18,19). The summed E-state index contributed by atoms with van der Waals surface area (Å²) < 4.78 is 0.667. The van der Waals surface area contributed by atoms with Crippen LogP contribution < -0.4 is 5.32 Å². The molecule has 0 aromatic heterocycles. The Hall–Kier alpha value is -2.41. The normalized spacial score (nSPS) is 10.1. The predicted octanol–water partition coefficient (Wildman–Crippen LogP) is 3.67. The molecule has 0 saturated carbocycles. The van der Waals surface area contributed by atoms with Crippen LogP contribution in [0.1, 0.15) is 15.9 Å². The van der Waals surface area contributed by atoms with E-state index in [0.717, 1.165) is 0 Å². The summed E-state index contributed by atoms with van der Waals surface area (Å²) in [7, 11) is 0. The van der Waals surface area contributed by atoms with Crippen molar-refractivity contribution in [1.29, 1.82) is 0 Å². The number of carboxylic acid groups (broad SMARTS) is 1. The fraction of sp³-hybridized carbons (Fsp3) is 0.0714. The molecule has 6 nitrogen and oxygen atoms in total. The van der Waals surface area contributed by atoms with Gasteiger partial charge in [0.2, 0.25) is 0 Å². The third-order valence-corrected chi connectivity index (χ3v) is 3.31. The average molecular weight is 351 g/mol. The first-order valence-electron chi connectivity index (χ1n) is 5.97. The van der Waals surface area contributed by atoms with E-state index in [2.05, 4.69) is 21.2 Å². The van der Waals surface area contributed by atoms with Crippen LogP contribution in [0, 0.1) is 10.1 Å². The van der Waals surface area contributed by atoms with Gasteiger partial charge in [-0.05, 0) is 23.8 Å². The van der Waals surface area contributed by atoms with Gasteiger partial charge in [0, 0.05) is 28.8 Å². The van der Waals surface area contributed by atoms with Gasteiger partial charge in [0.1, 0.15) is 0 Å². The zero-order chi connectivity index (χ0) is 15.4. The summed E-state index contributed by atoms with van der Waals surface area (Å²) >= 11 is 3.22. The summed E-state index contributed by atoms with van der Waals surface area (Å²) in [6.07, 6.45) is 0. The van der Waals surface area contributed by atoms with Crippen LogP contribution in [0.15, 0.2) is 46.9 Å². The molecular formula is C14H11BrN2O4. The van der Waals surface area contributed by atoms with Crippen LogP contribution in [0.5, 0.6) is 0 Å². The third kappa shape index (κ3) is 3.79. The Kier molecular flexibility index (Phi) is 4.54. The van der Waals surface area contributed by atoms with Gasteiger partial charge in [0.15, 0.2) is 0 Å². The molecule has 0 aliphatic carbocycles. The Bertz CT molecular complexity index is 703. The molecule has 2 aromatic carbocycles. The van der Waals surface area contributed by atoms with E-state index < -0.39 is 10.9 Å². The number of nitrogens with one attached hydrogen (secondary N) is 1. The lowest BCUT2D eigenvalue weighted by molar-refractivity contribution is -0.384. The molecule has 0 fully saturated rings. The molecule has 2 rings (SSSR count). The smallest absolute Gasteiger partial charge is 0.337 e. The molecule has 0 saturated heterocycles. The molecule has 108 valence electrons. The predicted molar refractivity (Wildman–Crippen MR) is 81.5 cm³/mol. The van der Waals surface area contributed by atoms with E-state index in [1.165, 1.54) is 18.2 Å². The van der Waals surface area contributed by atoms with E-state index in [-0.39, 0.29) is 11.3 Å². The molecular weight excluding hydrogens is 340 g/mol. The number of aromatic carboxylic acids is 1. The second-order valence-electron chi connectivity index (χ2n) is 4.28. The first-order valence-corrected chi connectivity index (χ1v) is 6.76. The number of nitro benzene ring substituents is 1. The molecule has 0 aliphatic rings. The number of hydrogen-bond acceptors (Lipinski definition) is 4. The largest absolute Gasteiger partial charge is 0.478 e. The molecule has 21 heavy (non-hydrogen) atoms. The van der Waals surface area contributed by atoms with Crippen molar-refractivity contribution in [2.45, 2.75) is 6.54 Å². The third-order valence-electron chi connectivity index (χ3n) is 2.82. The van der Waals surface area contributed by atoms with Gasteiger partial charge in [0.05, 0.1) is 10.5 Å². The highest BCUT2D eigenvalue weighted by molar-refractivity contribution is 9.10. The van der Waals surface area contributed by atoms with E-state index in [9.17, 15) is 14.9 Å². The van der Waals surface area contributed by atoms with Gasteiger partial charge in [-0.25, -0.2) is 4.79 Å². The van der Waals surface area contributed by atoms with E-state index in [4.69, 9.17) is 5.11 Å². The van der Waals surface area contributed by atoms with Crippen LogP contribution in [-0.4, -0.2) is 16.0 Å². The monoisotopic (exact) mass is 350 g/mol. The molecule has 2 N–H and O–H groups in total. The number of rotatable bonds is 5. The van der Waals surface area contributed by atoms with Crippen LogP contribution in [-0.2, 0) is 6.54 Å². The van der Waals surface area contributed by atoms with Crippen LogP contribution in [0.4, 0.5) is 11.4 Å². The highest BCUT2D eigenvalue weighted by Crippen LogP contribution is 2.22. The van der Waals surface area contributed by atoms with Gasteiger partial charge in [-0.3, -0.25) is 10.1 Å². The number of nitrogens with zero attached hydrogens (tertiary/aromatic N) is 1. The van der Waals surface area contributed by atoms with Crippen molar-refractivity contribution >= 4 is 33.3 Å². The zero-order valence-electron chi connectivity index (χ0n) is 10.7. The maximum absolute atomic E-state index is 11.2. The first-order chi connectivity index (χ1) is 9.97. The van der Waals surface area contributed by atoms with Crippen molar-refractivity contribution in [3.63, 3.8) is 0 Å². The Labute approximate surface area is 128 Å². The van der Waals surface area contributed by atoms with Gasteiger partial charge in [-0.2, -0.15) is 0 Å². The lowest BCUT2D eigenvalue weighted by Crippen LogP contribution is -2.06. The number of carbonyl (C=O) groups is 1. The molecule has 2 aromatic rings. The topological polar surface area (TPSA) is 92.5 Å². The molecule has 0 atom stereocenters. The van der Waals surface area contributed by atoms with Crippen molar-refractivity contribution in [3.8, 4) is 0 Å². The van der Waals surface area contributed by atoms with Crippen molar-refractivity contribution in [2.75, 3.05) is 5.32 Å². The number of benzene rings is 2. The van der Waals surface area contributed by atoms with Crippen LogP contribution in [0.2, 0.25) is 0 Å². The molecule has 0 spiro atoms. The SMILES string of the molecule is O=C(O)c1cc(Br)ccc1NCc1cccc([N+](=O)[O-])c1. The number of hydrogen-bond donors (Lipinski definition) is 2. The van der Waals surface area contributed by atoms with Gasteiger partial charge in [-0.15, -0.1) is 0 Å². The fourth-order valence-electron chi connectivity index (χ4n) is 1.82. The summed E-state index contributed by atoms with van der Waals surface area (Å²) in [4.78, 5) is 21.4. The van der Waals surface area contributed by atoms with Crippen LogP contribution >= 0.6 is 15.9 Å². The highest BCUT2D eigenvalue weighted by Gasteiger charge is 2.11. The van der Waals surface area contributed by atoms with E-state index >= 15 is 0 Å². The van der Waals surface area contributed by atoms with E-state index in [1.54, 1.807) is 24.3 Å². The van der Waals surface area contributed by atoms with E-state index in [1.807, 2.05) is 0 Å². The number of halogens is 1. The maximum Gasteiger partial charge on any atom is 0.337 e. The lowest BCUT2D eigenvalue weighted by atomic mass is 10.1. The average Bonchev–Trinajstić information content (AvgIpc) is 2.46. The second kappa shape index (κ2) is 6.36. The lowest BCUT2D eigenvalue weighted by Gasteiger charge is -2.10. The Morgan fingerprint density at radius 2 is 2.05 bits per heavy atom. The van der Waals surface area contributed by atoms with Gasteiger partial charge >= 0.3 is 5.97 Å². The Morgan fingerprint density at radius 3 is 2.71 bits per heavy atom. The summed E-state index contributed by atoms with van der Waals surface area (Å²) in [5.41, 5.74) is 1.29. The number of carboxylic acids is 1. The van der Waals surface area contributed by atoms with E-state index in [0.29, 0.717) is 22.3 Å². The molecule has 0 amide bonds. The van der Waals surface area contributed by atoms with Crippen molar-refractivity contribution in [1.82, 2.24) is 0 Å². The summed E-state index contributed by atoms with van der Waals surface area (Å²) in [5, 5.41) is 22.8. The zero-order valence-corrected chi connectivity index (χ0v) is 12.3. The van der Waals surface area contributed by atoms with Crippen molar-refractivity contribution in [2.24, 2.45) is 0 Å². The van der Waals surface area contributed by atoms with Crippen molar-refractivity contribution < 1.29 is 14.8 Å². The Balaban J connectivity index is 2.18. The molecule has 0 radical (unpaired) electrons. The summed E-state index contributed by atoms with van der Waals surface area (Å²) in [5.74, 6) is -1.04. The first kappa shape index (κ1) is 15.0. The molecule has 0 heterocycles. The number of anilines is 1. The maximum atomic E-state index is 11.2.